The molecule has 0 spiro atoms. The van der Waals surface area contributed by atoms with E-state index in [0.717, 1.165) is 12.1 Å². The van der Waals surface area contributed by atoms with Gasteiger partial charge in [-0.2, -0.15) is 0 Å². The van der Waals surface area contributed by atoms with E-state index in [9.17, 15) is 4.79 Å². The molecular weight excluding hydrogens is 266 g/mol. The Labute approximate surface area is 126 Å². The standard InChI is InChI=1S/C15H23N5O/c1-4-9-17-15(19-12-14(21)20(2)3)18-11-8-13-7-5-6-10-16-13/h4-7,10H,1,8-9,11-12H2,2-3H3,(H2,17,18,19). The normalized spacial score (nSPS) is 10.9. The van der Waals surface area contributed by atoms with Crippen LogP contribution in [0.2, 0.25) is 0 Å². The van der Waals surface area contributed by atoms with Crippen molar-refractivity contribution in [1.82, 2.24) is 20.5 Å². The smallest absolute Gasteiger partial charge is 0.243 e. The third kappa shape index (κ3) is 7.10. The molecule has 0 aromatic carbocycles. The van der Waals surface area contributed by atoms with Gasteiger partial charge in [0.2, 0.25) is 5.91 Å². The quantitative estimate of drug-likeness (QED) is 0.434. The Kier molecular flexibility index (Phi) is 7.56. The molecule has 0 aliphatic rings. The molecule has 1 rings (SSSR count). The Morgan fingerprint density at radius 1 is 1.43 bits per heavy atom. The van der Waals surface area contributed by atoms with Gasteiger partial charge in [0, 0.05) is 45.5 Å². The topological polar surface area (TPSA) is 69.6 Å². The number of carbonyl (C=O) groups excluding carboxylic acids is 1. The molecule has 0 aliphatic heterocycles. The highest BCUT2D eigenvalue weighted by molar-refractivity contribution is 5.84. The molecular formula is C15H23N5O. The number of aromatic nitrogens is 1. The highest BCUT2D eigenvalue weighted by Crippen LogP contribution is 1.93. The number of carbonyl (C=O) groups is 1. The van der Waals surface area contributed by atoms with Crippen molar-refractivity contribution in [2.24, 2.45) is 4.99 Å². The summed E-state index contributed by atoms with van der Waals surface area (Å²) in [5.74, 6) is 0.556. The fourth-order valence-electron chi connectivity index (χ4n) is 1.49. The number of aliphatic imine (C=N–C) groups is 1. The lowest BCUT2D eigenvalue weighted by molar-refractivity contribution is -0.127. The van der Waals surface area contributed by atoms with Gasteiger partial charge in [0.25, 0.3) is 0 Å². The van der Waals surface area contributed by atoms with Crippen molar-refractivity contribution in [1.29, 1.82) is 0 Å². The first-order chi connectivity index (χ1) is 10.1. The Morgan fingerprint density at radius 2 is 2.24 bits per heavy atom. The predicted octanol–water partition coefficient (Wildman–Crippen LogP) is 0.434. The van der Waals surface area contributed by atoms with E-state index in [2.05, 4.69) is 27.2 Å². The maximum Gasteiger partial charge on any atom is 0.243 e. The fraction of sp³-hybridized carbons (Fsp3) is 0.400. The third-order valence-corrected chi connectivity index (χ3v) is 2.68. The maximum atomic E-state index is 11.5. The Morgan fingerprint density at radius 3 is 2.86 bits per heavy atom. The SMILES string of the molecule is C=CCNC(=NCC(=O)N(C)C)NCCc1ccccn1. The number of guanidine groups is 1. The van der Waals surface area contributed by atoms with E-state index >= 15 is 0 Å². The van der Waals surface area contributed by atoms with Crippen LogP contribution >= 0.6 is 0 Å². The van der Waals surface area contributed by atoms with Crippen molar-refractivity contribution in [2.45, 2.75) is 6.42 Å². The second-order valence-electron chi connectivity index (χ2n) is 4.62. The van der Waals surface area contributed by atoms with Crippen molar-refractivity contribution >= 4 is 11.9 Å². The third-order valence-electron chi connectivity index (χ3n) is 2.68. The summed E-state index contributed by atoms with van der Waals surface area (Å²) in [4.78, 5) is 21.6. The highest BCUT2D eigenvalue weighted by atomic mass is 16.2. The minimum Gasteiger partial charge on any atom is -0.356 e. The van der Waals surface area contributed by atoms with Gasteiger partial charge in [0.1, 0.15) is 6.54 Å². The highest BCUT2D eigenvalue weighted by Gasteiger charge is 2.04. The minimum absolute atomic E-state index is 0.0422. The summed E-state index contributed by atoms with van der Waals surface area (Å²) in [5, 5.41) is 6.26. The summed E-state index contributed by atoms with van der Waals surface area (Å²) in [6, 6.07) is 5.83. The van der Waals surface area contributed by atoms with Gasteiger partial charge in [-0.15, -0.1) is 6.58 Å². The van der Waals surface area contributed by atoms with Gasteiger partial charge in [-0.25, -0.2) is 4.99 Å². The van der Waals surface area contributed by atoms with Crippen LogP contribution in [0.25, 0.3) is 0 Å². The van der Waals surface area contributed by atoms with Crippen molar-refractivity contribution in [3.05, 3.63) is 42.7 Å². The zero-order valence-corrected chi connectivity index (χ0v) is 12.7. The fourth-order valence-corrected chi connectivity index (χ4v) is 1.49. The van der Waals surface area contributed by atoms with Crippen LogP contribution in [0, 0.1) is 0 Å². The Hall–Kier alpha value is -2.37. The van der Waals surface area contributed by atoms with Gasteiger partial charge in [0.05, 0.1) is 0 Å². The van der Waals surface area contributed by atoms with E-state index in [4.69, 9.17) is 0 Å². The number of pyridine rings is 1. The van der Waals surface area contributed by atoms with E-state index in [1.807, 2.05) is 18.2 Å². The van der Waals surface area contributed by atoms with Crippen molar-refractivity contribution in [3.8, 4) is 0 Å². The molecule has 1 aromatic rings. The number of nitrogens with one attached hydrogen (secondary N) is 2. The molecule has 6 nitrogen and oxygen atoms in total. The summed E-state index contributed by atoms with van der Waals surface area (Å²) < 4.78 is 0. The van der Waals surface area contributed by atoms with Crippen LogP contribution in [-0.2, 0) is 11.2 Å². The van der Waals surface area contributed by atoms with Crippen LogP contribution in [0.1, 0.15) is 5.69 Å². The van der Waals surface area contributed by atoms with E-state index in [-0.39, 0.29) is 12.5 Å². The summed E-state index contributed by atoms with van der Waals surface area (Å²) in [6.45, 7) is 5.05. The lowest BCUT2D eigenvalue weighted by atomic mass is 10.3. The molecule has 1 amide bonds. The minimum atomic E-state index is -0.0422. The molecule has 0 saturated heterocycles. The van der Waals surface area contributed by atoms with Crippen LogP contribution in [0.4, 0.5) is 0 Å². The molecule has 6 heteroatoms. The number of rotatable bonds is 7. The van der Waals surface area contributed by atoms with Gasteiger partial charge >= 0.3 is 0 Å². The second kappa shape index (κ2) is 9.52. The zero-order valence-electron chi connectivity index (χ0n) is 12.7. The molecule has 0 aliphatic carbocycles. The number of hydrogen-bond donors (Lipinski definition) is 2. The van der Waals surface area contributed by atoms with Crippen LogP contribution in [0.3, 0.4) is 0 Å². The van der Waals surface area contributed by atoms with Crippen LogP contribution < -0.4 is 10.6 Å². The first-order valence-electron chi connectivity index (χ1n) is 6.86. The molecule has 0 bridgehead atoms. The Bertz CT molecular complexity index is 470. The predicted molar refractivity (Wildman–Crippen MR) is 85.1 cm³/mol. The van der Waals surface area contributed by atoms with E-state index in [1.54, 1.807) is 26.4 Å². The lowest BCUT2D eigenvalue weighted by Crippen LogP contribution is -2.39. The van der Waals surface area contributed by atoms with Gasteiger partial charge in [-0.3, -0.25) is 9.78 Å². The van der Waals surface area contributed by atoms with E-state index in [0.29, 0.717) is 19.0 Å². The van der Waals surface area contributed by atoms with Crippen molar-refractivity contribution in [2.75, 3.05) is 33.7 Å². The number of likely N-dealkylation sites (N-methyl/N-ethyl adjacent to an activating group) is 1. The molecule has 0 unspecified atom stereocenters. The first-order valence-corrected chi connectivity index (χ1v) is 6.86. The summed E-state index contributed by atoms with van der Waals surface area (Å²) >= 11 is 0. The zero-order chi connectivity index (χ0) is 15.5. The van der Waals surface area contributed by atoms with Crippen LogP contribution in [-0.4, -0.2) is 55.5 Å². The average Bonchev–Trinajstić information content (AvgIpc) is 2.50. The molecule has 0 radical (unpaired) electrons. The monoisotopic (exact) mass is 289 g/mol. The molecule has 0 atom stereocenters. The molecule has 1 heterocycles. The van der Waals surface area contributed by atoms with Crippen LogP contribution in [0.15, 0.2) is 42.0 Å². The molecule has 114 valence electrons. The number of hydrogen-bond acceptors (Lipinski definition) is 3. The number of amides is 1. The molecule has 0 saturated carbocycles. The summed E-state index contributed by atoms with van der Waals surface area (Å²) in [7, 11) is 3.42. The molecule has 21 heavy (non-hydrogen) atoms. The van der Waals surface area contributed by atoms with Gasteiger partial charge < -0.3 is 15.5 Å². The average molecular weight is 289 g/mol. The van der Waals surface area contributed by atoms with Crippen molar-refractivity contribution < 1.29 is 4.79 Å². The van der Waals surface area contributed by atoms with Gasteiger partial charge in [-0.05, 0) is 12.1 Å². The van der Waals surface area contributed by atoms with E-state index in [1.165, 1.54) is 4.90 Å². The largest absolute Gasteiger partial charge is 0.356 e. The van der Waals surface area contributed by atoms with Crippen molar-refractivity contribution in [3.63, 3.8) is 0 Å². The first kappa shape index (κ1) is 16.7. The molecule has 0 fully saturated rings. The van der Waals surface area contributed by atoms with Crippen LogP contribution in [0.5, 0.6) is 0 Å². The number of nitrogens with zero attached hydrogens (tertiary/aromatic N) is 3. The van der Waals surface area contributed by atoms with Gasteiger partial charge in [-0.1, -0.05) is 12.1 Å². The second-order valence-corrected chi connectivity index (χ2v) is 4.62. The Balaban J connectivity index is 2.47. The summed E-state index contributed by atoms with van der Waals surface area (Å²) in [6.07, 6.45) is 4.30. The molecule has 2 N–H and O–H groups in total. The molecule has 1 aromatic heterocycles. The lowest BCUT2D eigenvalue weighted by Gasteiger charge is -2.12. The maximum absolute atomic E-state index is 11.5. The van der Waals surface area contributed by atoms with E-state index < -0.39 is 0 Å². The summed E-state index contributed by atoms with van der Waals surface area (Å²) in [5.41, 5.74) is 1.01. The van der Waals surface area contributed by atoms with Gasteiger partial charge in [0.15, 0.2) is 5.96 Å².